The fraction of sp³-hybridized carbons (Fsp3) is 0.333. The summed E-state index contributed by atoms with van der Waals surface area (Å²) < 4.78 is 5.71. The van der Waals surface area contributed by atoms with Crippen molar-refractivity contribution in [3.05, 3.63) is 71.8 Å². The maximum Gasteiger partial charge on any atom is 0.330 e. The molecule has 0 unspecified atom stereocenters. The van der Waals surface area contributed by atoms with Crippen LogP contribution in [0.1, 0.15) is 23.6 Å². The van der Waals surface area contributed by atoms with Crippen molar-refractivity contribution in [3.63, 3.8) is 0 Å². The van der Waals surface area contributed by atoms with Gasteiger partial charge in [-0.15, -0.1) is 0 Å². The standard InChI is InChI=1S/C21H24N2O4/c24-19(22-20(21(25)26)17-9-5-2-6-10-17)13-18-15-23(11-12-27-18)14-16-7-3-1-4-8-16/h1-10,18,20H,11-15H2,(H,22,24)(H,25,26)/t18-,20+/m1/s1. The number of morpholine rings is 1. The van der Waals surface area contributed by atoms with Gasteiger partial charge < -0.3 is 15.2 Å². The number of rotatable bonds is 7. The first-order valence-corrected chi connectivity index (χ1v) is 9.07. The lowest BCUT2D eigenvalue weighted by atomic mass is 10.1. The zero-order valence-corrected chi connectivity index (χ0v) is 15.1. The number of aliphatic carboxylic acids is 1. The number of carbonyl (C=O) groups excluding carboxylic acids is 1. The Labute approximate surface area is 158 Å². The number of ether oxygens (including phenoxy) is 1. The van der Waals surface area contributed by atoms with Crippen molar-refractivity contribution in [3.8, 4) is 0 Å². The highest BCUT2D eigenvalue weighted by molar-refractivity contribution is 5.84. The number of carboxylic acids is 1. The van der Waals surface area contributed by atoms with Crippen LogP contribution in [0.2, 0.25) is 0 Å². The average Bonchev–Trinajstić information content (AvgIpc) is 2.68. The van der Waals surface area contributed by atoms with Crippen LogP contribution in [0, 0.1) is 0 Å². The van der Waals surface area contributed by atoms with E-state index in [4.69, 9.17) is 4.74 Å². The number of nitrogens with zero attached hydrogens (tertiary/aromatic N) is 1. The molecular weight excluding hydrogens is 344 g/mol. The molecule has 2 aromatic carbocycles. The second kappa shape index (κ2) is 9.30. The molecule has 1 aliphatic rings. The third-order valence-corrected chi connectivity index (χ3v) is 4.57. The van der Waals surface area contributed by atoms with Crippen LogP contribution in [0.5, 0.6) is 0 Å². The molecule has 142 valence electrons. The van der Waals surface area contributed by atoms with Gasteiger partial charge in [-0.3, -0.25) is 9.69 Å². The highest BCUT2D eigenvalue weighted by Crippen LogP contribution is 2.15. The largest absolute Gasteiger partial charge is 0.479 e. The summed E-state index contributed by atoms with van der Waals surface area (Å²) >= 11 is 0. The summed E-state index contributed by atoms with van der Waals surface area (Å²) in [5, 5.41) is 12.0. The Morgan fingerprint density at radius 2 is 1.78 bits per heavy atom. The van der Waals surface area contributed by atoms with E-state index in [1.54, 1.807) is 30.3 Å². The van der Waals surface area contributed by atoms with E-state index in [0.29, 0.717) is 18.7 Å². The van der Waals surface area contributed by atoms with Gasteiger partial charge in [0.2, 0.25) is 5.91 Å². The molecule has 0 saturated carbocycles. The maximum absolute atomic E-state index is 12.4. The van der Waals surface area contributed by atoms with E-state index in [1.807, 2.05) is 18.2 Å². The van der Waals surface area contributed by atoms with E-state index in [0.717, 1.165) is 13.1 Å². The number of carboxylic acid groups (broad SMARTS) is 1. The number of hydrogen-bond donors (Lipinski definition) is 2. The topological polar surface area (TPSA) is 78.9 Å². The van der Waals surface area contributed by atoms with Crippen LogP contribution in [0.4, 0.5) is 0 Å². The lowest BCUT2D eigenvalue weighted by Gasteiger charge is -2.32. The van der Waals surface area contributed by atoms with Crippen LogP contribution in [0.15, 0.2) is 60.7 Å². The number of nitrogens with one attached hydrogen (secondary N) is 1. The van der Waals surface area contributed by atoms with E-state index in [9.17, 15) is 14.7 Å². The first-order chi connectivity index (χ1) is 13.1. The van der Waals surface area contributed by atoms with E-state index >= 15 is 0 Å². The van der Waals surface area contributed by atoms with Gasteiger partial charge in [-0.05, 0) is 11.1 Å². The second-order valence-corrected chi connectivity index (χ2v) is 6.67. The third-order valence-electron chi connectivity index (χ3n) is 4.57. The van der Waals surface area contributed by atoms with Crippen molar-refractivity contribution in [1.29, 1.82) is 0 Å². The summed E-state index contributed by atoms with van der Waals surface area (Å²) in [5.41, 5.74) is 1.77. The molecule has 6 nitrogen and oxygen atoms in total. The van der Waals surface area contributed by atoms with Crippen LogP contribution in [-0.4, -0.2) is 47.7 Å². The molecule has 2 atom stereocenters. The quantitative estimate of drug-likeness (QED) is 0.783. The van der Waals surface area contributed by atoms with Gasteiger partial charge in [-0.25, -0.2) is 4.79 Å². The number of carbonyl (C=O) groups is 2. The van der Waals surface area contributed by atoms with Crippen LogP contribution in [-0.2, 0) is 20.9 Å². The molecule has 0 aliphatic carbocycles. The molecule has 1 aliphatic heterocycles. The average molecular weight is 368 g/mol. The Morgan fingerprint density at radius 3 is 2.44 bits per heavy atom. The third kappa shape index (κ3) is 5.64. The van der Waals surface area contributed by atoms with Gasteiger partial charge in [0.25, 0.3) is 0 Å². The number of benzene rings is 2. The fourth-order valence-corrected chi connectivity index (χ4v) is 3.25. The second-order valence-electron chi connectivity index (χ2n) is 6.67. The molecule has 0 aromatic heterocycles. The Balaban J connectivity index is 1.54. The first-order valence-electron chi connectivity index (χ1n) is 9.07. The van der Waals surface area contributed by atoms with Crippen molar-refractivity contribution in [1.82, 2.24) is 10.2 Å². The first kappa shape index (κ1) is 19.1. The van der Waals surface area contributed by atoms with Gasteiger partial charge in [0.1, 0.15) is 0 Å². The van der Waals surface area contributed by atoms with E-state index < -0.39 is 12.0 Å². The molecule has 1 saturated heterocycles. The van der Waals surface area contributed by atoms with Crippen molar-refractivity contribution in [2.24, 2.45) is 0 Å². The van der Waals surface area contributed by atoms with Crippen molar-refractivity contribution in [2.45, 2.75) is 25.1 Å². The zero-order chi connectivity index (χ0) is 19.1. The normalized spacial score (nSPS) is 18.6. The van der Waals surface area contributed by atoms with Gasteiger partial charge in [0, 0.05) is 19.6 Å². The fourth-order valence-electron chi connectivity index (χ4n) is 3.25. The molecule has 0 bridgehead atoms. The summed E-state index contributed by atoms with van der Waals surface area (Å²) in [6.07, 6.45) is -0.102. The van der Waals surface area contributed by atoms with Crippen molar-refractivity contribution < 1.29 is 19.4 Å². The molecule has 27 heavy (non-hydrogen) atoms. The molecule has 6 heteroatoms. The predicted molar refractivity (Wildman–Crippen MR) is 101 cm³/mol. The van der Waals surface area contributed by atoms with Crippen LogP contribution in [0.3, 0.4) is 0 Å². The SMILES string of the molecule is O=C(C[C@@H]1CN(Cc2ccccc2)CCO1)N[C@H](C(=O)O)c1ccccc1. The lowest BCUT2D eigenvalue weighted by Crippen LogP contribution is -2.44. The molecular formula is C21H24N2O4. The monoisotopic (exact) mass is 368 g/mol. The Kier molecular flexibility index (Phi) is 6.57. The lowest BCUT2D eigenvalue weighted by molar-refractivity contribution is -0.142. The molecule has 1 heterocycles. The smallest absolute Gasteiger partial charge is 0.330 e. The molecule has 1 fully saturated rings. The van der Waals surface area contributed by atoms with Crippen molar-refractivity contribution in [2.75, 3.05) is 19.7 Å². The van der Waals surface area contributed by atoms with E-state index in [2.05, 4.69) is 22.3 Å². The highest BCUT2D eigenvalue weighted by atomic mass is 16.5. The summed E-state index contributed by atoms with van der Waals surface area (Å²) in [6, 6.07) is 17.8. The minimum absolute atomic E-state index is 0.141. The van der Waals surface area contributed by atoms with Gasteiger partial charge >= 0.3 is 5.97 Å². The summed E-state index contributed by atoms with van der Waals surface area (Å²) in [4.78, 5) is 26.2. The molecule has 2 N–H and O–H groups in total. The molecule has 0 radical (unpaired) electrons. The van der Waals surface area contributed by atoms with E-state index in [-0.39, 0.29) is 18.4 Å². The summed E-state index contributed by atoms with van der Waals surface area (Å²) in [7, 11) is 0. The Bertz CT molecular complexity index is 751. The zero-order valence-electron chi connectivity index (χ0n) is 15.1. The van der Waals surface area contributed by atoms with Gasteiger partial charge in [0.15, 0.2) is 6.04 Å². The minimum atomic E-state index is -1.08. The number of hydrogen-bond acceptors (Lipinski definition) is 4. The summed E-state index contributed by atoms with van der Waals surface area (Å²) in [6.45, 7) is 2.83. The molecule has 1 amide bonds. The number of amides is 1. The van der Waals surface area contributed by atoms with Crippen LogP contribution >= 0.6 is 0 Å². The van der Waals surface area contributed by atoms with Crippen LogP contribution < -0.4 is 5.32 Å². The van der Waals surface area contributed by atoms with Crippen molar-refractivity contribution >= 4 is 11.9 Å². The van der Waals surface area contributed by atoms with Gasteiger partial charge in [-0.1, -0.05) is 60.7 Å². The predicted octanol–water partition coefficient (Wildman–Crippen LogP) is 2.22. The van der Waals surface area contributed by atoms with Gasteiger partial charge in [0.05, 0.1) is 19.1 Å². The molecule has 0 spiro atoms. The Hall–Kier alpha value is -2.70. The van der Waals surface area contributed by atoms with Gasteiger partial charge in [-0.2, -0.15) is 0 Å². The Morgan fingerprint density at radius 1 is 1.11 bits per heavy atom. The minimum Gasteiger partial charge on any atom is -0.479 e. The molecule has 2 aromatic rings. The van der Waals surface area contributed by atoms with Crippen LogP contribution in [0.25, 0.3) is 0 Å². The van der Waals surface area contributed by atoms with E-state index in [1.165, 1.54) is 5.56 Å². The molecule has 3 rings (SSSR count). The summed E-state index contributed by atoms with van der Waals surface area (Å²) in [5.74, 6) is -1.40. The maximum atomic E-state index is 12.4. The highest BCUT2D eigenvalue weighted by Gasteiger charge is 2.26.